The number of hydrogen-bond acceptors (Lipinski definition) is 2. The zero-order chi connectivity index (χ0) is 11.1. The molecule has 0 aliphatic carbocycles. The van der Waals surface area contributed by atoms with E-state index in [1.807, 2.05) is 0 Å². The van der Waals surface area contributed by atoms with Crippen molar-refractivity contribution in [2.45, 2.75) is 32.9 Å². The molecule has 1 aromatic rings. The number of benzene rings is 1. The van der Waals surface area contributed by atoms with Crippen LogP contribution in [0.5, 0.6) is 0 Å². The molecule has 0 aromatic heterocycles. The van der Waals surface area contributed by atoms with Gasteiger partial charge in [0, 0.05) is 19.1 Å². The third-order valence-corrected chi connectivity index (χ3v) is 2.34. The van der Waals surface area contributed by atoms with Crippen molar-refractivity contribution >= 4 is 0 Å². The summed E-state index contributed by atoms with van der Waals surface area (Å²) in [6, 6.07) is 10.8. The molecule has 84 valence electrons. The third kappa shape index (κ3) is 4.96. The zero-order valence-electron chi connectivity index (χ0n) is 9.82. The maximum absolute atomic E-state index is 5.84. The summed E-state index contributed by atoms with van der Waals surface area (Å²) >= 11 is 0. The molecular weight excluding hydrogens is 184 g/mol. The van der Waals surface area contributed by atoms with Gasteiger partial charge in [0.15, 0.2) is 0 Å². The van der Waals surface area contributed by atoms with E-state index >= 15 is 0 Å². The molecule has 0 saturated heterocycles. The Bertz CT molecular complexity index is 256. The molecule has 0 spiro atoms. The van der Waals surface area contributed by atoms with Crippen LogP contribution in [-0.2, 0) is 6.54 Å². The van der Waals surface area contributed by atoms with Gasteiger partial charge in [0.25, 0.3) is 0 Å². The fraction of sp³-hybridized carbons (Fsp3) is 0.538. The van der Waals surface area contributed by atoms with Crippen LogP contribution >= 0.6 is 0 Å². The second-order valence-corrected chi connectivity index (χ2v) is 4.20. The molecule has 0 aliphatic heterocycles. The van der Waals surface area contributed by atoms with E-state index in [9.17, 15) is 0 Å². The van der Waals surface area contributed by atoms with Crippen molar-refractivity contribution in [1.82, 2.24) is 4.90 Å². The number of hydrogen-bond donors (Lipinski definition) is 1. The van der Waals surface area contributed by atoms with Crippen LogP contribution in [0.4, 0.5) is 0 Å². The standard InChI is InChI=1S/C13H22N2/c1-3-9-15(10-12(2)14)11-13-7-5-4-6-8-13/h4-8,12H,3,9-11,14H2,1-2H3/t12-/m0/s1. The Hall–Kier alpha value is -0.860. The Balaban J connectivity index is 2.50. The van der Waals surface area contributed by atoms with Crippen LogP contribution in [0.2, 0.25) is 0 Å². The van der Waals surface area contributed by atoms with Crippen LogP contribution in [-0.4, -0.2) is 24.0 Å². The molecule has 2 nitrogen and oxygen atoms in total. The van der Waals surface area contributed by atoms with Gasteiger partial charge in [-0.25, -0.2) is 0 Å². The predicted molar refractivity (Wildman–Crippen MR) is 65.7 cm³/mol. The quantitative estimate of drug-likeness (QED) is 0.773. The van der Waals surface area contributed by atoms with Gasteiger partial charge in [0.1, 0.15) is 0 Å². The van der Waals surface area contributed by atoms with Gasteiger partial charge in [-0.15, -0.1) is 0 Å². The fourth-order valence-electron chi connectivity index (χ4n) is 1.80. The average Bonchev–Trinajstić information content (AvgIpc) is 2.18. The molecule has 0 bridgehead atoms. The number of nitrogens with two attached hydrogens (primary N) is 1. The molecule has 15 heavy (non-hydrogen) atoms. The topological polar surface area (TPSA) is 29.3 Å². The molecule has 0 aliphatic rings. The van der Waals surface area contributed by atoms with Crippen molar-refractivity contribution in [2.75, 3.05) is 13.1 Å². The number of rotatable bonds is 6. The highest BCUT2D eigenvalue weighted by Crippen LogP contribution is 2.05. The smallest absolute Gasteiger partial charge is 0.0234 e. The van der Waals surface area contributed by atoms with E-state index in [0.717, 1.165) is 19.6 Å². The van der Waals surface area contributed by atoms with Gasteiger partial charge in [-0.1, -0.05) is 37.3 Å². The van der Waals surface area contributed by atoms with Crippen molar-refractivity contribution in [2.24, 2.45) is 5.73 Å². The van der Waals surface area contributed by atoms with Crippen LogP contribution in [0.1, 0.15) is 25.8 Å². The lowest BCUT2D eigenvalue weighted by Gasteiger charge is -2.23. The SMILES string of the molecule is CCCN(Cc1ccccc1)C[C@H](C)N. The minimum Gasteiger partial charge on any atom is -0.327 e. The fourth-order valence-corrected chi connectivity index (χ4v) is 1.80. The second kappa shape index (κ2) is 6.59. The molecule has 1 aromatic carbocycles. The summed E-state index contributed by atoms with van der Waals surface area (Å²) < 4.78 is 0. The highest BCUT2D eigenvalue weighted by molar-refractivity contribution is 5.14. The first-order valence-corrected chi connectivity index (χ1v) is 5.74. The average molecular weight is 206 g/mol. The summed E-state index contributed by atoms with van der Waals surface area (Å²) in [5, 5.41) is 0. The molecule has 0 heterocycles. The van der Waals surface area contributed by atoms with Crippen molar-refractivity contribution < 1.29 is 0 Å². The predicted octanol–water partition coefficient (Wildman–Crippen LogP) is 2.25. The van der Waals surface area contributed by atoms with E-state index in [1.54, 1.807) is 0 Å². The van der Waals surface area contributed by atoms with Gasteiger partial charge < -0.3 is 5.73 Å². The highest BCUT2D eigenvalue weighted by Gasteiger charge is 2.06. The Morgan fingerprint density at radius 1 is 1.27 bits per heavy atom. The Kier molecular flexibility index (Phi) is 5.37. The van der Waals surface area contributed by atoms with Gasteiger partial charge in [-0.2, -0.15) is 0 Å². The van der Waals surface area contributed by atoms with E-state index in [-0.39, 0.29) is 6.04 Å². The summed E-state index contributed by atoms with van der Waals surface area (Å²) in [6.07, 6.45) is 1.18. The molecular formula is C13H22N2. The van der Waals surface area contributed by atoms with Gasteiger partial charge in [-0.05, 0) is 25.5 Å². The Morgan fingerprint density at radius 2 is 1.93 bits per heavy atom. The summed E-state index contributed by atoms with van der Waals surface area (Å²) in [6.45, 7) is 7.38. The largest absolute Gasteiger partial charge is 0.327 e. The number of nitrogens with zero attached hydrogens (tertiary/aromatic N) is 1. The van der Waals surface area contributed by atoms with E-state index < -0.39 is 0 Å². The lowest BCUT2D eigenvalue weighted by atomic mass is 10.2. The van der Waals surface area contributed by atoms with Gasteiger partial charge in [-0.3, -0.25) is 4.90 Å². The maximum atomic E-state index is 5.84. The van der Waals surface area contributed by atoms with E-state index in [0.29, 0.717) is 0 Å². The van der Waals surface area contributed by atoms with Crippen LogP contribution in [0.15, 0.2) is 30.3 Å². The first-order valence-electron chi connectivity index (χ1n) is 5.74. The lowest BCUT2D eigenvalue weighted by Crippen LogP contribution is -2.35. The first-order chi connectivity index (χ1) is 7.22. The van der Waals surface area contributed by atoms with Gasteiger partial charge in [0.2, 0.25) is 0 Å². The molecule has 1 atom stereocenters. The third-order valence-electron chi connectivity index (χ3n) is 2.34. The second-order valence-electron chi connectivity index (χ2n) is 4.20. The van der Waals surface area contributed by atoms with E-state index in [4.69, 9.17) is 5.73 Å². The van der Waals surface area contributed by atoms with Crippen molar-refractivity contribution in [3.8, 4) is 0 Å². The normalized spacial score (nSPS) is 13.1. The van der Waals surface area contributed by atoms with E-state index in [1.165, 1.54) is 12.0 Å². The summed E-state index contributed by atoms with van der Waals surface area (Å²) in [5.74, 6) is 0. The highest BCUT2D eigenvalue weighted by atomic mass is 15.1. The molecule has 0 fully saturated rings. The van der Waals surface area contributed by atoms with E-state index in [2.05, 4.69) is 49.1 Å². The molecule has 2 N–H and O–H groups in total. The van der Waals surface area contributed by atoms with Crippen LogP contribution in [0, 0.1) is 0 Å². The molecule has 0 radical (unpaired) electrons. The summed E-state index contributed by atoms with van der Waals surface area (Å²) in [5.41, 5.74) is 7.20. The molecule has 0 saturated carbocycles. The summed E-state index contributed by atoms with van der Waals surface area (Å²) in [4.78, 5) is 2.42. The molecule has 1 rings (SSSR count). The van der Waals surface area contributed by atoms with Crippen LogP contribution < -0.4 is 5.73 Å². The maximum Gasteiger partial charge on any atom is 0.0234 e. The van der Waals surface area contributed by atoms with Crippen molar-refractivity contribution in [3.63, 3.8) is 0 Å². The minimum atomic E-state index is 0.250. The summed E-state index contributed by atoms with van der Waals surface area (Å²) in [7, 11) is 0. The van der Waals surface area contributed by atoms with Crippen LogP contribution in [0.25, 0.3) is 0 Å². The van der Waals surface area contributed by atoms with Crippen molar-refractivity contribution in [3.05, 3.63) is 35.9 Å². The Labute approximate surface area is 93.1 Å². The van der Waals surface area contributed by atoms with Gasteiger partial charge in [0.05, 0.1) is 0 Å². The zero-order valence-corrected chi connectivity index (χ0v) is 9.82. The molecule has 0 unspecified atom stereocenters. The lowest BCUT2D eigenvalue weighted by molar-refractivity contribution is 0.253. The van der Waals surface area contributed by atoms with Crippen molar-refractivity contribution in [1.29, 1.82) is 0 Å². The van der Waals surface area contributed by atoms with Crippen LogP contribution in [0.3, 0.4) is 0 Å². The Morgan fingerprint density at radius 3 is 2.47 bits per heavy atom. The molecule has 0 amide bonds. The van der Waals surface area contributed by atoms with Gasteiger partial charge >= 0.3 is 0 Å². The molecule has 2 heteroatoms. The minimum absolute atomic E-state index is 0.250. The monoisotopic (exact) mass is 206 g/mol. The first kappa shape index (κ1) is 12.2.